The first-order chi connectivity index (χ1) is 7.34. The van der Waals surface area contributed by atoms with Crippen molar-refractivity contribution >= 4 is 27.0 Å². The molecule has 0 radical (unpaired) electrons. The Kier molecular flexibility index (Phi) is 1.85. The summed E-state index contributed by atoms with van der Waals surface area (Å²) in [6.07, 6.45) is 5.34. The summed E-state index contributed by atoms with van der Waals surface area (Å²) in [7, 11) is 0. The zero-order valence-electron chi connectivity index (χ0n) is 7.68. The number of hydrogen-bond donors (Lipinski definition) is 1. The summed E-state index contributed by atoms with van der Waals surface area (Å²) in [5, 5.41) is 4.19. The van der Waals surface area contributed by atoms with Crippen LogP contribution < -0.4 is 0 Å². The summed E-state index contributed by atoms with van der Waals surface area (Å²) in [6, 6.07) is 5.88. The van der Waals surface area contributed by atoms with Crippen LogP contribution in [0.4, 0.5) is 0 Å². The number of imidazole rings is 1. The van der Waals surface area contributed by atoms with Gasteiger partial charge in [-0.1, -0.05) is 0 Å². The Morgan fingerprint density at radius 1 is 1.33 bits per heavy atom. The zero-order valence-corrected chi connectivity index (χ0v) is 9.27. The molecule has 4 nitrogen and oxygen atoms in total. The van der Waals surface area contributed by atoms with Crippen molar-refractivity contribution in [2.24, 2.45) is 0 Å². The van der Waals surface area contributed by atoms with E-state index in [-0.39, 0.29) is 0 Å². The first kappa shape index (κ1) is 8.67. The van der Waals surface area contributed by atoms with Crippen LogP contribution in [-0.2, 0) is 0 Å². The lowest BCUT2D eigenvalue weighted by molar-refractivity contribution is 0.877. The highest BCUT2D eigenvalue weighted by Crippen LogP contribution is 2.24. The van der Waals surface area contributed by atoms with Crippen molar-refractivity contribution in [2.45, 2.75) is 0 Å². The Labute approximate surface area is 94.1 Å². The number of rotatable bonds is 1. The quantitative estimate of drug-likeness (QED) is 0.733. The van der Waals surface area contributed by atoms with E-state index >= 15 is 0 Å². The maximum atomic E-state index is 4.21. The minimum Gasteiger partial charge on any atom is -0.345 e. The van der Waals surface area contributed by atoms with Crippen LogP contribution in [0.1, 0.15) is 0 Å². The summed E-state index contributed by atoms with van der Waals surface area (Å²) < 4.78 is 2.79. The molecule has 5 heteroatoms. The molecular weight excluding hydrogens is 256 g/mol. The summed E-state index contributed by atoms with van der Waals surface area (Å²) in [5.74, 6) is 0. The fraction of sp³-hybridized carbons (Fsp3) is 0. The molecule has 0 bridgehead atoms. The fourth-order valence-corrected chi connectivity index (χ4v) is 2.06. The van der Waals surface area contributed by atoms with Crippen LogP contribution in [0.5, 0.6) is 0 Å². The molecule has 0 aliphatic rings. The lowest BCUT2D eigenvalue weighted by Crippen LogP contribution is -1.95. The van der Waals surface area contributed by atoms with Gasteiger partial charge in [0.1, 0.15) is 0 Å². The monoisotopic (exact) mass is 262 g/mol. The van der Waals surface area contributed by atoms with Crippen molar-refractivity contribution in [3.63, 3.8) is 0 Å². The average molecular weight is 263 g/mol. The summed E-state index contributed by atoms with van der Waals surface area (Å²) in [4.78, 5) is 7.27. The minimum atomic E-state index is 0.934. The molecular formula is C10H7BrN4. The minimum absolute atomic E-state index is 0.934. The molecule has 1 N–H and O–H groups in total. The van der Waals surface area contributed by atoms with Gasteiger partial charge in [-0.15, -0.1) is 0 Å². The summed E-state index contributed by atoms with van der Waals surface area (Å²) in [5.41, 5.74) is 2.93. The largest absolute Gasteiger partial charge is 0.345 e. The maximum Gasteiger partial charge on any atom is 0.0931 e. The first-order valence-corrected chi connectivity index (χ1v) is 5.26. The predicted octanol–water partition coefficient (Wildman–Crippen LogP) is 2.51. The van der Waals surface area contributed by atoms with E-state index in [9.17, 15) is 0 Å². The van der Waals surface area contributed by atoms with Crippen LogP contribution in [0.2, 0.25) is 0 Å². The van der Waals surface area contributed by atoms with Crippen molar-refractivity contribution in [3.8, 4) is 5.69 Å². The van der Waals surface area contributed by atoms with Gasteiger partial charge in [-0.25, -0.2) is 9.67 Å². The second-order valence-corrected chi connectivity index (χ2v) is 4.03. The molecule has 0 atom stereocenters. The van der Waals surface area contributed by atoms with Gasteiger partial charge in [-0.2, -0.15) is 5.10 Å². The molecule has 0 unspecified atom stereocenters. The van der Waals surface area contributed by atoms with Crippen molar-refractivity contribution in [2.75, 3.05) is 0 Å². The molecule has 15 heavy (non-hydrogen) atoms. The highest BCUT2D eigenvalue weighted by molar-refractivity contribution is 9.10. The van der Waals surface area contributed by atoms with Gasteiger partial charge < -0.3 is 4.98 Å². The van der Waals surface area contributed by atoms with Crippen LogP contribution >= 0.6 is 15.9 Å². The number of nitrogens with zero attached hydrogens (tertiary/aromatic N) is 3. The molecule has 74 valence electrons. The molecule has 2 heterocycles. The Balaban J connectivity index is 2.30. The van der Waals surface area contributed by atoms with Crippen molar-refractivity contribution < 1.29 is 0 Å². The van der Waals surface area contributed by atoms with Gasteiger partial charge in [-0.05, 0) is 34.1 Å². The van der Waals surface area contributed by atoms with Crippen LogP contribution in [0.25, 0.3) is 16.7 Å². The highest BCUT2D eigenvalue weighted by atomic mass is 79.9. The molecule has 0 saturated carbocycles. The predicted molar refractivity (Wildman–Crippen MR) is 60.9 cm³/mol. The Morgan fingerprint density at radius 3 is 3.07 bits per heavy atom. The van der Waals surface area contributed by atoms with E-state index in [2.05, 4.69) is 31.0 Å². The standard InChI is InChI=1S/C10H7BrN4/c11-7-4-8-9(13-6-12-8)5-10(7)15-3-1-2-14-15/h1-6H,(H,12,13). The number of H-pyrrole nitrogens is 1. The van der Waals surface area contributed by atoms with Gasteiger partial charge in [0.2, 0.25) is 0 Å². The van der Waals surface area contributed by atoms with Crippen LogP contribution in [0.15, 0.2) is 41.4 Å². The van der Waals surface area contributed by atoms with Crippen molar-refractivity contribution in [3.05, 3.63) is 41.4 Å². The lowest BCUT2D eigenvalue weighted by atomic mass is 10.3. The van der Waals surface area contributed by atoms with Gasteiger partial charge in [0.15, 0.2) is 0 Å². The fourth-order valence-electron chi connectivity index (χ4n) is 1.53. The number of hydrogen-bond acceptors (Lipinski definition) is 2. The number of aromatic nitrogens is 4. The number of benzene rings is 1. The van der Waals surface area contributed by atoms with Crippen LogP contribution in [-0.4, -0.2) is 19.7 Å². The Hall–Kier alpha value is -1.62. The van der Waals surface area contributed by atoms with E-state index in [1.54, 1.807) is 17.2 Å². The number of nitrogens with one attached hydrogen (secondary N) is 1. The second-order valence-electron chi connectivity index (χ2n) is 3.17. The van der Waals surface area contributed by atoms with E-state index in [0.717, 1.165) is 21.2 Å². The molecule has 3 aromatic rings. The van der Waals surface area contributed by atoms with Gasteiger partial charge in [0.05, 0.1) is 23.0 Å². The Bertz CT molecular complexity index is 597. The van der Waals surface area contributed by atoms with Crippen molar-refractivity contribution in [1.82, 2.24) is 19.7 Å². The third-order valence-electron chi connectivity index (χ3n) is 2.24. The molecule has 1 aromatic carbocycles. The topological polar surface area (TPSA) is 46.5 Å². The first-order valence-electron chi connectivity index (χ1n) is 4.47. The van der Waals surface area contributed by atoms with Gasteiger partial charge in [0.25, 0.3) is 0 Å². The molecule has 0 amide bonds. The second kappa shape index (κ2) is 3.20. The van der Waals surface area contributed by atoms with E-state index in [0.29, 0.717) is 0 Å². The Morgan fingerprint density at radius 2 is 2.27 bits per heavy atom. The molecule has 0 aliphatic carbocycles. The zero-order chi connectivity index (χ0) is 10.3. The normalized spacial score (nSPS) is 11.0. The third-order valence-corrected chi connectivity index (χ3v) is 2.88. The molecule has 3 rings (SSSR count). The highest BCUT2D eigenvalue weighted by Gasteiger charge is 2.06. The molecule has 0 saturated heterocycles. The summed E-state index contributed by atoms with van der Waals surface area (Å²) in [6.45, 7) is 0. The summed E-state index contributed by atoms with van der Waals surface area (Å²) >= 11 is 3.51. The number of aromatic amines is 1. The lowest BCUT2D eigenvalue weighted by Gasteiger charge is -2.03. The van der Waals surface area contributed by atoms with Crippen LogP contribution in [0.3, 0.4) is 0 Å². The van der Waals surface area contributed by atoms with E-state index in [1.165, 1.54) is 0 Å². The SMILES string of the molecule is Brc1cc2[nH]cnc2cc1-n1cccn1. The van der Waals surface area contributed by atoms with Gasteiger partial charge >= 0.3 is 0 Å². The van der Waals surface area contributed by atoms with Crippen LogP contribution in [0, 0.1) is 0 Å². The molecule has 2 aromatic heterocycles. The third kappa shape index (κ3) is 1.35. The van der Waals surface area contributed by atoms with Gasteiger partial charge in [-0.3, -0.25) is 0 Å². The van der Waals surface area contributed by atoms with E-state index < -0.39 is 0 Å². The molecule has 0 spiro atoms. The average Bonchev–Trinajstić information content (AvgIpc) is 2.85. The smallest absolute Gasteiger partial charge is 0.0931 e. The number of halogens is 1. The van der Waals surface area contributed by atoms with E-state index in [4.69, 9.17) is 0 Å². The van der Waals surface area contributed by atoms with Gasteiger partial charge in [0, 0.05) is 16.9 Å². The molecule has 0 fully saturated rings. The number of fused-ring (bicyclic) bond motifs is 1. The van der Waals surface area contributed by atoms with Crippen molar-refractivity contribution in [1.29, 1.82) is 0 Å². The van der Waals surface area contributed by atoms with E-state index in [1.807, 2.05) is 24.4 Å². The maximum absolute atomic E-state index is 4.21. The molecule has 0 aliphatic heterocycles.